The number of thiazole rings is 1. The molecule has 0 aliphatic carbocycles. The topological polar surface area (TPSA) is 110 Å². The highest BCUT2D eigenvalue weighted by Gasteiger charge is 2.41. The van der Waals surface area contributed by atoms with Gasteiger partial charge in [0.2, 0.25) is 11.8 Å². The molecule has 11 heteroatoms. The third-order valence-corrected chi connectivity index (χ3v) is 7.37. The molecule has 4 bridgehead atoms. The summed E-state index contributed by atoms with van der Waals surface area (Å²) in [7, 11) is 0. The number of nitrogens with zero attached hydrogens (tertiary/aromatic N) is 2. The number of thioether (sulfide) groups is 1. The number of nitrogens with one attached hydrogen (secondary N) is 2. The van der Waals surface area contributed by atoms with Crippen LogP contribution in [0.1, 0.15) is 44.3 Å². The number of hydrogen-bond acceptors (Lipinski definition) is 8. The van der Waals surface area contributed by atoms with Crippen LogP contribution in [0.5, 0.6) is 0 Å². The zero-order valence-corrected chi connectivity index (χ0v) is 20.6. The van der Waals surface area contributed by atoms with E-state index in [2.05, 4.69) is 20.6 Å². The Kier molecular flexibility index (Phi) is 8.35. The quantitative estimate of drug-likeness (QED) is 0.375. The fourth-order valence-corrected chi connectivity index (χ4v) is 5.19. The summed E-state index contributed by atoms with van der Waals surface area (Å²) in [5.41, 5.74) is -0.322. The zero-order valence-electron chi connectivity index (χ0n) is 18.2. The van der Waals surface area contributed by atoms with Crippen molar-refractivity contribution in [1.82, 2.24) is 15.6 Å². The van der Waals surface area contributed by atoms with Crippen molar-refractivity contribution in [3.05, 3.63) is 28.2 Å². The van der Waals surface area contributed by atoms with Gasteiger partial charge in [-0.3, -0.25) is 14.6 Å². The molecule has 2 aliphatic rings. The highest BCUT2D eigenvalue weighted by atomic mass is 35.5. The second-order valence-corrected chi connectivity index (χ2v) is 10.4. The number of esters is 1. The van der Waals surface area contributed by atoms with E-state index in [0.717, 1.165) is 5.01 Å². The van der Waals surface area contributed by atoms with Crippen LogP contribution >= 0.6 is 34.7 Å². The second-order valence-electron chi connectivity index (χ2n) is 8.16. The lowest BCUT2D eigenvalue weighted by molar-refractivity contribution is -0.153. The van der Waals surface area contributed by atoms with Gasteiger partial charge in [-0.05, 0) is 25.3 Å². The number of hydrogen-bond donors (Lipinski definition) is 2. The summed E-state index contributed by atoms with van der Waals surface area (Å²) in [6.07, 6.45) is 3.21. The molecular formula is C21H27ClN4O4S2. The van der Waals surface area contributed by atoms with Gasteiger partial charge in [-0.15, -0.1) is 34.7 Å². The van der Waals surface area contributed by atoms with Crippen LogP contribution in [0.25, 0.3) is 0 Å². The first-order chi connectivity index (χ1) is 15.2. The summed E-state index contributed by atoms with van der Waals surface area (Å²) in [5, 5.41) is 8.92. The number of amides is 2. The number of aromatic nitrogens is 1. The van der Waals surface area contributed by atoms with Crippen molar-refractivity contribution in [3.8, 4) is 0 Å². The number of halogens is 1. The summed E-state index contributed by atoms with van der Waals surface area (Å²) < 4.78 is 5.63. The number of allylic oxidation sites excluding steroid dienone is 1. The highest BCUT2D eigenvalue weighted by molar-refractivity contribution is 8.14. The minimum Gasteiger partial charge on any atom is -0.456 e. The van der Waals surface area contributed by atoms with Gasteiger partial charge in [0.1, 0.15) is 33.4 Å². The summed E-state index contributed by atoms with van der Waals surface area (Å²) in [6.45, 7) is 5.67. The van der Waals surface area contributed by atoms with E-state index in [4.69, 9.17) is 16.3 Å². The van der Waals surface area contributed by atoms with Crippen LogP contribution in [-0.2, 0) is 25.7 Å². The van der Waals surface area contributed by atoms with Crippen LogP contribution in [0.4, 0.5) is 0 Å². The average molecular weight is 499 g/mol. The number of rotatable bonds is 4. The van der Waals surface area contributed by atoms with Gasteiger partial charge in [0.15, 0.2) is 0 Å². The van der Waals surface area contributed by atoms with E-state index >= 15 is 0 Å². The summed E-state index contributed by atoms with van der Waals surface area (Å²) >= 11 is 8.60. The fraction of sp³-hybridized carbons (Fsp3) is 0.571. The number of fused-ring (bicyclic) bond motifs is 4. The highest BCUT2D eigenvalue weighted by Crippen LogP contribution is 2.32. The number of carbonyl (C=O) groups excluding carboxylic acids is 3. The third kappa shape index (κ3) is 6.11. The van der Waals surface area contributed by atoms with Crippen molar-refractivity contribution in [3.63, 3.8) is 0 Å². The molecule has 1 aromatic heterocycles. The molecule has 2 aliphatic heterocycles. The lowest BCUT2D eigenvalue weighted by Gasteiger charge is -2.27. The molecule has 0 fully saturated rings. The maximum Gasteiger partial charge on any atom is 0.329 e. The first-order valence-corrected chi connectivity index (χ1v) is 12.8. The normalized spacial score (nSPS) is 27.3. The van der Waals surface area contributed by atoms with Crippen LogP contribution in [0.3, 0.4) is 0 Å². The first kappa shape index (κ1) is 24.7. The van der Waals surface area contributed by atoms with Crippen LogP contribution < -0.4 is 10.6 Å². The predicted octanol–water partition coefficient (Wildman–Crippen LogP) is 2.65. The van der Waals surface area contributed by atoms with E-state index in [1.165, 1.54) is 23.1 Å². The van der Waals surface area contributed by atoms with Gasteiger partial charge in [0.05, 0.1) is 13.0 Å². The Hall–Kier alpha value is -1.91. The number of ether oxygens (including phenoxy) is 1. The van der Waals surface area contributed by atoms with Crippen molar-refractivity contribution in [2.75, 3.05) is 11.6 Å². The molecule has 0 spiro atoms. The average Bonchev–Trinajstić information content (AvgIpc) is 3.37. The van der Waals surface area contributed by atoms with E-state index in [0.29, 0.717) is 28.8 Å². The van der Waals surface area contributed by atoms with Gasteiger partial charge < -0.3 is 15.4 Å². The van der Waals surface area contributed by atoms with E-state index in [1.807, 2.05) is 19.2 Å². The number of alkyl halides is 1. The lowest BCUT2D eigenvalue weighted by atomic mass is 10.0. The predicted molar refractivity (Wildman–Crippen MR) is 127 cm³/mol. The molecule has 2 unspecified atom stereocenters. The van der Waals surface area contributed by atoms with Gasteiger partial charge >= 0.3 is 5.97 Å². The van der Waals surface area contributed by atoms with Gasteiger partial charge in [-0.1, -0.05) is 19.9 Å². The molecule has 1 aromatic rings. The second kappa shape index (κ2) is 10.8. The summed E-state index contributed by atoms with van der Waals surface area (Å²) in [4.78, 5) is 47.7. The maximum atomic E-state index is 13.1. The van der Waals surface area contributed by atoms with Crippen molar-refractivity contribution in [1.29, 1.82) is 0 Å². The Labute approximate surface area is 200 Å². The Morgan fingerprint density at radius 3 is 2.88 bits per heavy atom. The molecule has 0 radical (unpaired) electrons. The molecule has 0 saturated heterocycles. The Balaban J connectivity index is 1.92. The van der Waals surface area contributed by atoms with Gasteiger partial charge in [0, 0.05) is 17.0 Å². The van der Waals surface area contributed by atoms with Crippen molar-refractivity contribution in [2.24, 2.45) is 10.9 Å². The van der Waals surface area contributed by atoms with Gasteiger partial charge in [0.25, 0.3) is 0 Å². The van der Waals surface area contributed by atoms with E-state index in [-0.39, 0.29) is 30.7 Å². The molecule has 3 atom stereocenters. The maximum absolute atomic E-state index is 13.1. The van der Waals surface area contributed by atoms with Gasteiger partial charge in [-0.25, -0.2) is 9.78 Å². The molecule has 2 N–H and O–H groups in total. The molecule has 8 nitrogen and oxygen atoms in total. The minimum absolute atomic E-state index is 0.0399. The summed E-state index contributed by atoms with van der Waals surface area (Å²) in [5.74, 6) is -0.553. The monoisotopic (exact) mass is 498 g/mol. The molecule has 3 heterocycles. The summed E-state index contributed by atoms with van der Waals surface area (Å²) in [6, 6.07) is -0.866. The molecule has 2 amide bonds. The van der Waals surface area contributed by atoms with E-state index in [9.17, 15) is 14.4 Å². The zero-order chi connectivity index (χ0) is 23.3. The Morgan fingerprint density at radius 1 is 1.38 bits per heavy atom. The van der Waals surface area contributed by atoms with Gasteiger partial charge in [-0.2, -0.15) is 0 Å². The molecule has 32 heavy (non-hydrogen) atoms. The standard InChI is InChI=1S/C21H27ClN4O4S2/c1-12(2)17-19(28)30-13(6-4-5-7-22)8-15(27)23-9-16-24-14(10-31-16)18-26-21(3,11-32-18)20(29)25-17/h4,6,10,12-13,17H,5,7-9,11H2,1-3H3,(H,23,27)(H,25,29)/b6-4+/t13?,17-,21?/m0/s1. The molecule has 174 valence electrons. The number of carbonyl (C=O) groups is 3. The van der Waals surface area contributed by atoms with Crippen LogP contribution in [0, 0.1) is 5.92 Å². The smallest absolute Gasteiger partial charge is 0.329 e. The molecule has 0 saturated carbocycles. The number of cyclic esters (lactones) is 1. The lowest BCUT2D eigenvalue weighted by Crippen LogP contribution is -2.53. The fourth-order valence-electron chi connectivity index (χ4n) is 3.14. The molecule has 0 aromatic carbocycles. The first-order valence-electron chi connectivity index (χ1n) is 10.4. The Morgan fingerprint density at radius 2 is 2.16 bits per heavy atom. The van der Waals surface area contributed by atoms with Crippen molar-refractivity contribution < 1.29 is 19.1 Å². The molecular weight excluding hydrogens is 472 g/mol. The SMILES string of the molecule is CC(C)[C@@H]1NC(=O)C2(C)CSC(=N2)c2csc(n2)CNC(=O)CC(/C=C/CCCl)OC1=O. The van der Waals surface area contributed by atoms with Crippen LogP contribution in [0.2, 0.25) is 0 Å². The van der Waals surface area contributed by atoms with Crippen LogP contribution in [-0.4, -0.2) is 57.1 Å². The van der Waals surface area contributed by atoms with E-state index < -0.39 is 23.7 Å². The third-order valence-electron chi connectivity index (χ3n) is 5.02. The largest absolute Gasteiger partial charge is 0.456 e. The molecule has 3 rings (SSSR count). The number of aliphatic imine (C=N–C) groups is 1. The van der Waals surface area contributed by atoms with Crippen LogP contribution in [0.15, 0.2) is 22.5 Å². The van der Waals surface area contributed by atoms with Crippen molar-refractivity contribution >= 4 is 57.5 Å². The Bertz CT molecular complexity index is 933. The minimum atomic E-state index is -1.01. The van der Waals surface area contributed by atoms with E-state index in [1.54, 1.807) is 19.1 Å². The van der Waals surface area contributed by atoms with Crippen molar-refractivity contribution in [2.45, 2.75) is 57.8 Å².